The van der Waals surface area contributed by atoms with Crippen molar-refractivity contribution >= 4 is 46.6 Å². The predicted octanol–water partition coefficient (Wildman–Crippen LogP) is 5.91. The van der Waals surface area contributed by atoms with Gasteiger partial charge in [0.05, 0.1) is 34.6 Å². The van der Waals surface area contributed by atoms with Gasteiger partial charge in [0.25, 0.3) is 0 Å². The van der Waals surface area contributed by atoms with E-state index in [1.807, 2.05) is 48.5 Å². The fourth-order valence-electron chi connectivity index (χ4n) is 6.43. The lowest BCUT2D eigenvalue weighted by Crippen LogP contribution is -2.36. The van der Waals surface area contributed by atoms with E-state index in [1.165, 1.54) is 17.0 Å². The Morgan fingerprint density at radius 3 is 2.38 bits per heavy atom. The van der Waals surface area contributed by atoms with Crippen molar-refractivity contribution < 1.29 is 24.2 Å². The number of carbonyl (C=O) groups excluding carboxylic acids is 2. The van der Waals surface area contributed by atoms with Gasteiger partial charge in [-0.2, -0.15) is 0 Å². The van der Waals surface area contributed by atoms with Crippen LogP contribution in [0.5, 0.6) is 0 Å². The molecule has 2 aliphatic heterocycles. The number of carboxylic acids is 1. The Labute approximate surface area is 219 Å². The minimum Gasteiger partial charge on any atom is -0.478 e. The van der Waals surface area contributed by atoms with Gasteiger partial charge >= 0.3 is 12.1 Å². The summed E-state index contributed by atoms with van der Waals surface area (Å²) < 4.78 is 5.07. The fraction of sp³-hybridized carbons (Fsp3) is 0.276. The second-order valence-corrected chi connectivity index (χ2v) is 10.6. The maximum Gasteiger partial charge on any atom is 0.414 e. The molecule has 0 bridgehead atoms. The van der Waals surface area contributed by atoms with Gasteiger partial charge in [-0.05, 0) is 59.9 Å². The molecule has 2 fully saturated rings. The minimum atomic E-state index is -1.14. The number of cyclic esters (lactones) is 1. The number of halogens is 1. The summed E-state index contributed by atoms with van der Waals surface area (Å²) in [6.45, 7) is 4.79. The molecule has 1 saturated heterocycles. The van der Waals surface area contributed by atoms with E-state index in [0.29, 0.717) is 29.4 Å². The number of aromatic carboxylic acids is 1. The highest BCUT2D eigenvalue weighted by Gasteiger charge is 2.77. The van der Waals surface area contributed by atoms with E-state index in [1.54, 1.807) is 11.0 Å². The number of hydrogen-bond donors (Lipinski definition) is 1. The van der Waals surface area contributed by atoms with Gasteiger partial charge < -0.3 is 9.84 Å². The van der Waals surface area contributed by atoms with Crippen molar-refractivity contribution in [3.05, 3.63) is 88.4 Å². The molecule has 2 amide bonds. The van der Waals surface area contributed by atoms with Crippen molar-refractivity contribution in [2.24, 2.45) is 5.92 Å². The van der Waals surface area contributed by atoms with E-state index in [4.69, 9.17) is 16.3 Å². The van der Waals surface area contributed by atoms with E-state index < -0.39 is 22.9 Å². The number of anilines is 3. The highest BCUT2D eigenvalue weighted by Crippen LogP contribution is 2.73. The van der Waals surface area contributed by atoms with Gasteiger partial charge in [-0.3, -0.25) is 14.6 Å². The summed E-state index contributed by atoms with van der Waals surface area (Å²) in [5, 5.41) is 10.5. The van der Waals surface area contributed by atoms with Gasteiger partial charge in [0.2, 0.25) is 5.91 Å². The Kier molecular flexibility index (Phi) is 5.14. The zero-order valence-electron chi connectivity index (χ0n) is 20.4. The molecule has 8 heteroatoms. The molecule has 188 valence electrons. The molecule has 37 heavy (non-hydrogen) atoms. The van der Waals surface area contributed by atoms with E-state index in [9.17, 15) is 19.5 Å². The number of fused-ring (bicyclic) bond motifs is 2. The third-order valence-electron chi connectivity index (χ3n) is 8.18. The molecule has 3 aromatic rings. The lowest BCUT2D eigenvalue weighted by molar-refractivity contribution is -0.120. The van der Waals surface area contributed by atoms with Crippen molar-refractivity contribution in [2.45, 2.75) is 31.1 Å². The molecule has 3 aromatic carbocycles. The molecular weight excluding hydrogens is 492 g/mol. The van der Waals surface area contributed by atoms with Gasteiger partial charge in [0, 0.05) is 10.4 Å². The van der Waals surface area contributed by atoms with Crippen LogP contribution < -0.4 is 9.80 Å². The number of carbonyl (C=O) groups is 3. The quantitative estimate of drug-likeness (QED) is 0.455. The number of carboxylic acid groups (broad SMARTS) is 1. The number of nitrogens with zero attached hydrogens (tertiary/aromatic N) is 2. The summed E-state index contributed by atoms with van der Waals surface area (Å²) in [6, 6.07) is 20.0. The van der Waals surface area contributed by atoms with Crippen LogP contribution in [0.25, 0.3) is 0 Å². The topological polar surface area (TPSA) is 87.2 Å². The van der Waals surface area contributed by atoms with Crippen LogP contribution in [0.4, 0.5) is 21.9 Å². The Bertz CT molecular complexity index is 1470. The van der Waals surface area contributed by atoms with Crippen molar-refractivity contribution in [3.63, 3.8) is 0 Å². The molecule has 2 atom stereocenters. The first kappa shape index (κ1) is 23.6. The molecule has 3 aliphatic rings. The predicted molar refractivity (Wildman–Crippen MR) is 140 cm³/mol. The minimum absolute atomic E-state index is 0.0120. The Morgan fingerprint density at radius 2 is 1.73 bits per heavy atom. The van der Waals surface area contributed by atoms with Crippen LogP contribution in [-0.4, -0.2) is 36.2 Å². The Balaban J connectivity index is 1.53. The maximum atomic E-state index is 14.5. The third-order valence-corrected chi connectivity index (χ3v) is 8.43. The number of amides is 2. The largest absolute Gasteiger partial charge is 0.478 e. The molecule has 0 radical (unpaired) electrons. The summed E-state index contributed by atoms with van der Waals surface area (Å²) in [5.41, 5.74) is 2.24. The van der Waals surface area contributed by atoms with E-state index in [-0.39, 0.29) is 24.0 Å². The van der Waals surface area contributed by atoms with Gasteiger partial charge in [-0.25, -0.2) is 9.59 Å². The molecule has 7 nitrogen and oxygen atoms in total. The van der Waals surface area contributed by atoms with Crippen LogP contribution >= 0.6 is 11.6 Å². The second-order valence-electron chi connectivity index (χ2n) is 10.2. The Morgan fingerprint density at radius 1 is 1.03 bits per heavy atom. The molecule has 1 N–H and O–H groups in total. The number of benzene rings is 3. The maximum absolute atomic E-state index is 14.5. The molecule has 1 aliphatic carbocycles. The van der Waals surface area contributed by atoms with Crippen molar-refractivity contribution in [2.75, 3.05) is 23.0 Å². The molecule has 2 heterocycles. The summed E-state index contributed by atoms with van der Waals surface area (Å²) >= 11 is 6.19. The van der Waals surface area contributed by atoms with E-state index in [0.717, 1.165) is 16.8 Å². The molecule has 6 rings (SSSR count). The van der Waals surface area contributed by atoms with Crippen molar-refractivity contribution in [1.82, 2.24) is 0 Å². The summed E-state index contributed by atoms with van der Waals surface area (Å²) in [5.74, 6) is -1.10. The summed E-state index contributed by atoms with van der Waals surface area (Å²) in [7, 11) is 0. The molecule has 1 spiro atoms. The van der Waals surface area contributed by atoms with Crippen LogP contribution in [0.15, 0.2) is 66.7 Å². The first-order valence-electron chi connectivity index (χ1n) is 12.2. The summed E-state index contributed by atoms with van der Waals surface area (Å²) in [6.07, 6.45) is 0.0946. The van der Waals surface area contributed by atoms with E-state index >= 15 is 0 Å². The Hall–Kier alpha value is -3.84. The van der Waals surface area contributed by atoms with Gasteiger partial charge in [0.1, 0.15) is 6.61 Å². The number of hydrogen-bond acceptors (Lipinski definition) is 4. The van der Waals surface area contributed by atoms with E-state index in [2.05, 4.69) is 13.8 Å². The van der Waals surface area contributed by atoms with Crippen LogP contribution in [-0.2, 0) is 20.4 Å². The molecular formula is C29H25ClN2O5. The first-order chi connectivity index (χ1) is 17.7. The average molecular weight is 517 g/mol. The highest BCUT2D eigenvalue weighted by atomic mass is 35.5. The normalized spacial score (nSPS) is 24.1. The average Bonchev–Trinajstić information content (AvgIpc) is 3.32. The monoisotopic (exact) mass is 516 g/mol. The third kappa shape index (κ3) is 3.16. The lowest BCUT2D eigenvalue weighted by atomic mass is 9.75. The molecule has 1 saturated carbocycles. The van der Waals surface area contributed by atoms with Crippen molar-refractivity contribution in [1.29, 1.82) is 0 Å². The van der Waals surface area contributed by atoms with Crippen LogP contribution in [0.1, 0.15) is 41.8 Å². The highest BCUT2D eigenvalue weighted by molar-refractivity contribution is 6.30. The van der Waals surface area contributed by atoms with Gasteiger partial charge in [-0.1, -0.05) is 55.8 Å². The first-order valence-corrected chi connectivity index (χ1v) is 12.6. The van der Waals surface area contributed by atoms with Gasteiger partial charge in [0.15, 0.2) is 0 Å². The summed E-state index contributed by atoms with van der Waals surface area (Å²) in [4.78, 5) is 41.9. The van der Waals surface area contributed by atoms with Crippen LogP contribution in [0.3, 0.4) is 0 Å². The molecule has 0 aromatic heterocycles. The van der Waals surface area contributed by atoms with Gasteiger partial charge in [-0.15, -0.1) is 0 Å². The van der Waals surface area contributed by atoms with Crippen LogP contribution in [0, 0.1) is 5.92 Å². The zero-order valence-corrected chi connectivity index (χ0v) is 21.2. The molecule has 0 unspecified atom stereocenters. The number of rotatable bonds is 5. The van der Waals surface area contributed by atoms with Crippen LogP contribution in [0.2, 0.25) is 5.02 Å². The fourth-order valence-corrected chi connectivity index (χ4v) is 6.56. The van der Waals surface area contributed by atoms with Crippen molar-refractivity contribution in [3.8, 4) is 0 Å². The zero-order chi connectivity index (χ0) is 26.1. The number of para-hydroxylation sites is 1. The SMILES string of the molecule is CC(C)[C@@]1(c2ccc(Cl)cc2)C[C@@]12C(=O)N(c1cc(C(=O)O)cc(N3CCOC3=O)c1)c1ccccc12. The number of ether oxygens (including phenoxy) is 1. The standard InChI is InChI=1S/C29H25ClN2O5/c1-17(2)28(19-7-9-20(30)10-8-19)16-29(28)23-5-3-4-6-24(23)32(26(29)35)22-14-18(25(33)34)13-21(15-22)31-11-12-37-27(31)36/h3-10,13-15,17H,11-12,16H2,1-2H3,(H,33,34)/t28-,29-/m1/s1. The second kappa shape index (κ2) is 8.08. The smallest absolute Gasteiger partial charge is 0.414 e. The lowest BCUT2D eigenvalue weighted by Gasteiger charge is -2.27.